The molecular weight excluding hydrogens is 182 g/mol. The van der Waals surface area contributed by atoms with Gasteiger partial charge in [-0.05, 0) is 30.2 Å². The summed E-state index contributed by atoms with van der Waals surface area (Å²) >= 11 is 5.84. The monoisotopic (exact) mass is 195 g/mol. The van der Waals surface area contributed by atoms with Gasteiger partial charge in [-0.1, -0.05) is 23.7 Å². The van der Waals surface area contributed by atoms with Crippen LogP contribution in [0.1, 0.15) is 11.1 Å². The highest BCUT2D eigenvalue weighted by atomic mass is 35.5. The molecule has 0 fully saturated rings. The van der Waals surface area contributed by atoms with E-state index in [1.54, 1.807) is 0 Å². The molecule has 0 amide bonds. The first kappa shape index (κ1) is 10.3. The highest BCUT2D eigenvalue weighted by Crippen LogP contribution is 2.14. The third-order valence-corrected chi connectivity index (χ3v) is 2.14. The Labute approximate surface area is 84.4 Å². The normalized spacial score (nSPS) is 10.0. The zero-order chi connectivity index (χ0) is 9.68. The quantitative estimate of drug-likeness (QED) is 0.576. The number of hydrogen-bond acceptors (Lipinski definition) is 1. The van der Waals surface area contributed by atoms with Gasteiger partial charge in [-0.25, -0.2) is 0 Å². The number of nitrogens with one attached hydrogen (secondary N) is 1. The number of aryl methyl sites for hydroxylation is 1. The van der Waals surface area contributed by atoms with Crippen LogP contribution in [0.5, 0.6) is 0 Å². The van der Waals surface area contributed by atoms with E-state index in [-0.39, 0.29) is 0 Å². The van der Waals surface area contributed by atoms with Crippen molar-refractivity contribution in [2.45, 2.75) is 13.5 Å². The smallest absolute Gasteiger partial charge is 0.0408 e. The number of benzene rings is 1. The third kappa shape index (κ3) is 3.21. The molecule has 0 aliphatic heterocycles. The predicted octanol–water partition coefficient (Wildman–Crippen LogP) is 2.92. The van der Waals surface area contributed by atoms with Crippen LogP contribution in [0.3, 0.4) is 0 Å². The molecule has 0 aliphatic rings. The van der Waals surface area contributed by atoms with Crippen molar-refractivity contribution in [1.29, 1.82) is 0 Å². The van der Waals surface area contributed by atoms with E-state index in [1.165, 1.54) is 11.1 Å². The molecule has 0 saturated heterocycles. The Hall–Kier alpha value is -0.790. The van der Waals surface area contributed by atoms with E-state index in [9.17, 15) is 0 Å². The van der Waals surface area contributed by atoms with E-state index in [1.807, 2.05) is 24.3 Å². The first-order valence-corrected chi connectivity index (χ1v) is 4.68. The summed E-state index contributed by atoms with van der Waals surface area (Å²) in [6.45, 7) is 7.42. The Morgan fingerprint density at radius 3 is 2.92 bits per heavy atom. The van der Waals surface area contributed by atoms with Gasteiger partial charge < -0.3 is 5.32 Å². The van der Waals surface area contributed by atoms with Crippen molar-refractivity contribution in [1.82, 2.24) is 5.32 Å². The standard InChI is InChI=1S/C11H14ClN/c1-3-6-13-8-10-4-5-11(12)7-9(10)2/h3-5,7,13H,1,6,8H2,2H3. The topological polar surface area (TPSA) is 12.0 Å². The second-order valence-electron chi connectivity index (χ2n) is 2.99. The zero-order valence-corrected chi connectivity index (χ0v) is 8.56. The van der Waals surface area contributed by atoms with Gasteiger partial charge in [-0.3, -0.25) is 0 Å². The van der Waals surface area contributed by atoms with Crippen molar-refractivity contribution in [2.24, 2.45) is 0 Å². The lowest BCUT2D eigenvalue weighted by Gasteiger charge is -2.06. The van der Waals surface area contributed by atoms with Gasteiger partial charge in [0.15, 0.2) is 0 Å². The molecule has 0 radical (unpaired) electrons. The van der Waals surface area contributed by atoms with Crippen molar-refractivity contribution in [3.05, 3.63) is 47.0 Å². The lowest BCUT2D eigenvalue weighted by molar-refractivity contribution is 0.756. The average molecular weight is 196 g/mol. The third-order valence-electron chi connectivity index (χ3n) is 1.91. The minimum absolute atomic E-state index is 0.796. The molecule has 1 rings (SSSR count). The number of halogens is 1. The lowest BCUT2D eigenvalue weighted by Crippen LogP contribution is -2.13. The van der Waals surface area contributed by atoms with Crippen LogP contribution in [0.4, 0.5) is 0 Å². The van der Waals surface area contributed by atoms with Crippen molar-refractivity contribution < 1.29 is 0 Å². The van der Waals surface area contributed by atoms with Crippen LogP contribution in [0.2, 0.25) is 5.02 Å². The van der Waals surface area contributed by atoms with Gasteiger partial charge >= 0.3 is 0 Å². The molecule has 2 heteroatoms. The SMILES string of the molecule is C=CCNCc1ccc(Cl)cc1C. The van der Waals surface area contributed by atoms with Crippen molar-refractivity contribution in [2.75, 3.05) is 6.54 Å². The summed E-state index contributed by atoms with van der Waals surface area (Å²) in [4.78, 5) is 0. The maximum absolute atomic E-state index is 5.84. The Kier molecular flexibility index (Phi) is 4.00. The van der Waals surface area contributed by atoms with Gasteiger partial charge in [-0.15, -0.1) is 6.58 Å². The summed E-state index contributed by atoms with van der Waals surface area (Å²) in [5.41, 5.74) is 2.51. The molecule has 1 aromatic rings. The van der Waals surface area contributed by atoms with Gasteiger partial charge in [0.25, 0.3) is 0 Å². The van der Waals surface area contributed by atoms with E-state index in [4.69, 9.17) is 11.6 Å². The first-order chi connectivity index (χ1) is 6.24. The molecule has 0 bridgehead atoms. The molecule has 1 N–H and O–H groups in total. The molecule has 0 heterocycles. The van der Waals surface area contributed by atoms with Crippen molar-refractivity contribution >= 4 is 11.6 Å². The van der Waals surface area contributed by atoms with Crippen LogP contribution < -0.4 is 5.32 Å². The van der Waals surface area contributed by atoms with Gasteiger partial charge in [0.05, 0.1) is 0 Å². The maximum atomic E-state index is 5.84. The van der Waals surface area contributed by atoms with Gasteiger partial charge in [0.1, 0.15) is 0 Å². The maximum Gasteiger partial charge on any atom is 0.0408 e. The molecule has 1 nitrogen and oxygen atoms in total. The summed E-state index contributed by atoms with van der Waals surface area (Å²) in [6, 6.07) is 5.94. The van der Waals surface area contributed by atoms with Crippen LogP contribution in [0.15, 0.2) is 30.9 Å². The lowest BCUT2D eigenvalue weighted by atomic mass is 10.1. The molecule has 0 saturated carbocycles. The van der Waals surface area contributed by atoms with E-state index < -0.39 is 0 Å². The second-order valence-corrected chi connectivity index (χ2v) is 3.43. The predicted molar refractivity (Wildman–Crippen MR) is 58.1 cm³/mol. The Bertz CT molecular complexity index is 294. The Balaban J connectivity index is 2.61. The van der Waals surface area contributed by atoms with E-state index in [2.05, 4.69) is 18.8 Å². The van der Waals surface area contributed by atoms with Crippen molar-refractivity contribution in [3.8, 4) is 0 Å². The number of rotatable bonds is 4. The van der Waals surface area contributed by atoms with Crippen LogP contribution in [0, 0.1) is 6.92 Å². The average Bonchev–Trinajstić information content (AvgIpc) is 2.09. The fourth-order valence-corrected chi connectivity index (χ4v) is 1.39. The van der Waals surface area contributed by atoms with E-state index in [0.717, 1.165) is 18.1 Å². The molecule has 0 spiro atoms. The van der Waals surface area contributed by atoms with E-state index in [0.29, 0.717) is 0 Å². The molecule has 0 aromatic heterocycles. The zero-order valence-electron chi connectivity index (χ0n) is 7.81. The summed E-state index contributed by atoms with van der Waals surface area (Å²) in [5.74, 6) is 0. The summed E-state index contributed by atoms with van der Waals surface area (Å²) < 4.78 is 0. The summed E-state index contributed by atoms with van der Waals surface area (Å²) in [5, 5.41) is 4.05. The first-order valence-electron chi connectivity index (χ1n) is 4.30. The summed E-state index contributed by atoms with van der Waals surface area (Å²) in [6.07, 6.45) is 1.85. The van der Waals surface area contributed by atoms with Crippen LogP contribution in [-0.4, -0.2) is 6.54 Å². The highest BCUT2D eigenvalue weighted by Gasteiger charge is 1.97. The fraction of sp³-hybridized carbons (Fsp3) is 0.273. The number of hydrogen-bond donors (Lipinski definition) is 1. The molecule has 70 valence electrons. The highest BCUT2D eigenvalue weighted by molar-refractivity contribution is 6.30. The molecule has 0 atom stereocenters. The minimum Gasteiger partial charge on any atom is -0.309 e. The Morgan fingerprint density at radius 1 is 1.54 bits per heavy atom. The molecule has 1 aromatic carbocycles. The largest absolute Gasteiger partial charge is 0.309 e. The minimum atomic E-state index is 0.796. The Morgan fingerprint density at radius 2 is 2.31 bits per heavy atom. The van der Waals surface area contributed by atoms with Crippen LogP contribution in [0.25, 0.3) is 0 Å². The van der Waals surface area contributed by atoms with Gasteiger partial charge in [0.2, 0.25) is 0 Å². The fourth-order valence-electron chi connectivity index (χ4n) is 1.17. The van der Waals surface area contributed by atoms with E-state index >= 15 is 0 Å². The second kappa shape index (κ2) is 5.05. The summed E-state index contributed by atoms with van der Waals surface area (Å²) in [7, 11) is 0. The molecule has 13 heavy (non-hydrogen) atoms. The van der Waals surface area contributed by atoms with Crippen LogP contribution >= 0.6 is 11.6 Å². The van der Waals surface area contributed by atoms with Crippen molar-refractivity contribution in [3.63, 3.8) is 0 Å². The molecule has 0 unspecified atom stereocenters. The molecular formula is C11H14ClN. The van der Waals surface area contributed by atoms with Crippen LogP contribution in [-0.2, 0) is 6.54 Å². The van der Waals surface area contributed by atoms with Gasteiger partial charge in [0, 0.05) is 18.1 Å². The molecule has 0 aliphatic carbocycles. The van der Waals surface area contributed by atoms with Gasteiger partial charge in [-0.2, -0.15) is 0 Å².